The van der Waals surface area contributed by atoms with Crippen LogP contribution in [0.3, 0.4) is 0 Å². The van der Waals surface area contributed by atoms with Gasteiger partial charge in [-0.25, -0.2) is 9.78 Å². The van der Waals surface area contributed by atoms with E-state index in [1.54, 1.807) is 18.2 Å². The zero-order chi connectivity index (χ0) is 14.5. The van der Waals surface area contributed by atoms with Gasteiger partial charge in [-0.15, -0.1) is 11.3 Å². The van der Waals surface area contributed by atoms with Crippen molar-refractivity contribution in [3.8, 4) is 0 Å². The second-order valence-electron chi connectivity index (χ2n) is 4.33. The van der Waals surface area contributed by atoms with Crippen LogP contribution in [0.15, 0.2) is 29.6 Å². The Balaban J connectivity index is 1.98. The molecule has 1 aromatic carbocycles. The van der Waals surface area contributed by atoms with Gasteiger partial charge in [-0.1, -0.05) is 12.1 Å². The van der Waals surface area contributed by atoms with Crippen molar-refractivity contribution in [2.75, 3.05) is 5.32 Å². The fourth-order valence-corrected chi connectivity index (χ4v) is 2.55. The molecule has 0 bridgehead atoms. The molecular formula is C14H14N2O3S. The number of benzene rings is 1. The minimum absolute atomic E-state index is 0.139. The van der Waals surface area contributed by atoms with Gasteiger partial charge in [0.1, 0.15) is 0 Å². The first kappa shape index (κ1) is 14.2. The first-order chi connectivity index (χ1) is 9.54. The van der Waals surface area contributed by atoms with E-state index in [-0.39, 0.29) is 5.91 Å². The van der Waals surface area contributed by atoms with Crippen molar-refractivity contribution >= 4 is 28.3 Å². The first-order valence-electron chi connectivity index (χ1n) is 6.09. The Morgan fingerprint density at radius 3 is 2.85 bits per heavy atom. The van der Waals surface area contributed by atoms with Crippen LogP contribution in [0.1, 0.15) is 28.5 Å². The van der Waals surface area contributed by atoms with Gasteiger partial charge in [-0.2, -0.15) is 0 Å². The first-order valence-corrected chi connectivity index (χ1v) is 6.97. The quantitative estimate of drug-likeness (QED) is 0.887. The Labute approximate surface area is 120 Å². The molecule has 0 aliphatic heterocycles. The average Bonchev–Trinajstić information content (AvgIpc) is 2.83. The number of hydrogen-bond acceptors (Lipinski definition) is 4. The number of carbonyl (C=O) groups is 2. The topological polar surface area (TPSA) is 79.3 Å². The van der Waals surface area contributed by atoms with E-state index in [9.17, 15) is 9.59 Å². The van der Waals surface area contributed by atoms with Crippen LogP contribution in [0.5, 0.6) is 0 Å². The molecule has 20 heavy (non-hydrogen) atoms. The molecule has 1 heterocycles. The number of rotatable bonds is 5. The summed E-state index contributed by atoms with van der Waals surface area (Å²) in [4.78, 5) is 26.1. The summed E-state index contributed by atoms with van der Waals surface area (Å²) in [7, 11) is 0. The van der Waals surface area contributed by atoms with Crippen molar-refractivity contribution in [2.45, 2.75) is 19.8 Å². The molecule has 104 valence electrons. The number of amides is 1. The number of anilines is 1. The normalized spacial score (nSPS) is 10.2. The Hall–Kier alpha value is -2.21. The van der Waals surface area contributed by atoms with E-state index in [1.165, 1.54) is 18.3 Å². The standard InChI is InChI=1S/C14H14N2O3S/c1-9(17)15-14-16-12(8-20-14)6-5-10-3-2-4-11(7-10)13(18)19/h2-4,7-8H,5-6H2,1H3,(H,18,19)(H,15,16,17). The van der Waals surface area contributed by atoms with Crippen LogP contribution < -0.4 is 5.32 Å². The van der Waals surface area contributed by atoms with E-state index in [0.717, 1.165) is 11.3 Å². The predicted octanol–water partition coefficient (Wildman–Crippen LogP) is 2.58. The molecule has 0 atom stereocenters. The second kappa shape index (κ2) is 6.29. The van der Waals surface area contributed by atoms with Gasteiger partial charge >= 0.3 is 5.97 Å². The van der Waals surface area contributed by atoms with Gasteiger partial charge in [0.05, 0.1) is 11.3 Å². The lowest BCUT2D eigenvalue weighted by atomic mass is 10.1. The molecule has 0 radical (unpaired) electrons. The van der Waals surface area contributed by atoms with Crippen LogP contribution in [0.2, 0.25) is 0 Å². The Morgan fingerprint density at radius 1 is 1.35 bits per heavy atom. The number of carbonyl (C=O) groups excluding carboxylic acids is 1. The summed E-state index contributed by atoms with van der Waals surface area (Å²) in [5, 5.41) is 14.1. The monoisotopic (exact) mass is 290 g/mol. The summed E-state index contributed by atoms with van der Waals surface area (Å²) in [6, 6.07) is 6.88. The number of nitrogens with one attached hydrogen (secondary N) is 1. The van der Waals surface area contributed by atoms with Crippen molar-refractivity contribution in [3.05, 3.63) is 46.5 Å². The van der Waals surface area contributed by atoms with Gasteiger partial charge in [-0.05, 0) is 30.5 Å². The Kier molecular flexibility index (Phi) is 4.47. The molecule has 1 aromatic heterocycles. The maximum atomic E-state index is 10.9. The Morgan fingerprint density at radius 2 is 2.15 bits per heavy atom. The zero-order valence-electron chi connectivity index (χ0n) is 10.9. The molecule has 0 fully saturated rings. The minimum Gasteiger partial charge on any atom is -0.478 e. The van der Waals surface area contributed by atoms with Crippen LogP contribution in [-0.2, 0) is 17.6 Å². The highest BCUT2D eigenvalue weighted by molar-refractivity contribution is 7.13. The fourth-order valence-electron chi connectivity index (χ4n) is 1.76. The van der Waals surface area contributed by atoms with E-state index < -0.39 is 5.97 Å². The van der Waals surface area contributed by atoms with Crippen LogP contribution in [0.25, 0.3) is 0 Å². The maximum Gasteiger partial charge on any atom is 0.335 e. The largest absolute Gasteiger partial charge is 0.478 e. The predicted molar refractivity (Wildman–Crippen MR) is 77.2 cm³/mol. The van der Waals surface area contributed by atoms with Crippen LogP contribution in [0.4, 0.5) is 5.13 Å². The number of thiazole rings is 1. The molecule has 6 heteroatoms. The smallest absolute Gasteiger partial charge is 0.335 e. The highest BCUT2D eigenvalue weighted by atomic mass is 32.1. The second-order valence-corrected chi connectivity index (χ2v) is 5.19. The summed E-state index contributed by atoms with van der Waals surface area (Å²) < 4.78 is 0. The van der Waals surface area contributed by atoms with Crippen LogP contribution in [-0.4, -0.2) is 22.0 Å². The minimum atomic E-state index is -0.923. The molecule has 0 aliphatic rings. The molecule has 1 amide bonds. The number of aromatic nitrogens is 1. The van der Waals surface area contributed by atoms with Gasteiger partial charge in [0.25, 0.3) is 0 Å². The number of nitrogens with zero attached hydrogens (tertiary/aromatic N) is 1. The number of aromatic carboxylic acids is 1. The lowest BCUT2D eigenvalue weighted by Gasteiger charge is -2.01. The fraction of sp³-hybridized carbons (Fsp3) is 0.214. The summed E-state index contributed by atoms with van der Waals surface area (Å²) in [6.45, 7) is 1.44. The maximum absolute atomic E-state index is 10.9. The molecule has 2 N–H and O–H groups in total. The molecule has 0 spiro atoms. The van der Waals surface area contributed by atoms with Gasteiger partial charge < -0.3 is 10.4 Å². The molecule has 0 saturated carbocycles. The van der Waals surface area contributed by atoms with E-state index in [2.05, 4.69) is 10.3 Å². The van der Waals surface area contributed by atoms with E-state index in [0.29, 0.717) is 23.5 Å². The van der Waals surface area contributed by atoms with Crippen LogP contribution >= 0.6 is 11.3 Å². The van der Waals surface area contributed by atoms with Crippen LogP contribution in [0, 0.1) is 0 Å². The highest BCUT2D eigenvalue weighted by Gasteiger charge is 2.06. The molecule has 5 nitrogen and oxygen atoms in total. The number of aryl methyl sites for hydroxylation is 2. The number of carboxylic acids is 1. The molecule has 2 aromatic rings. The number of carboxylic acid groups (broad SMARTS) is 1. The van der Waals surface area contributed by atoms with Crippen molar-refractivity contribution in [3.63, 3.8) is 0 Å². The van der Waals surface area contributed by atoms with E-state index in [1.807, 2.05) is 11.4 Å². The SMILES string of the molecule is CC(=O)Nc1nc(CCc2cccc(C(=O)O)c2)cs1. The molecule has 0 aliphatic carbocycles. The number of hydrogen-bond donors (Lipinski definition) is 2. The summed E-state index contributed by atoms with van der Waals surface area (Å²) >= 11 is 1.38. The third-order valence-corrected chi connectivity index (χ3v) is 3.48. The van der Waals surface area contributed by atoms with Crippen molar-refractivity contribution in [1.29, 1.82) is 0 Å². The molecule has 2 rings (SSSR count). The van der Waals surface area contributed by atoms with Crippen molar-refractivity contribution in [2.24, 2.45) is 0 Å². The van der Waals surface area contributed by atoms with E-state index in [4.69, 9.17) is 5.11 Å². The summed E-state index contributed by atoms with van der Waals surface area (Å²) in [6.07, 6.45) is 1.42. The molecule has 0 unspecified atom stereocenters. The highest BCUT2D eigenvalue weighted by Crippen LogP contribution is 2.17. The third-order valence-electron chi connectivity index (χ3n) is 2.68. The average molecular weight is 290 g/mol. The van der Waals surface area contributed by atoms with Crippen molar-refractivity contribution < 1.29 is 14.7 Å². The van der Waals surface area contributed by atoms with E-state index >= 15 is 0 Å². The lowest BCUT2D eigenvalue weighted by Crippen LogP contribution is -2.05. The zero-order valence-corrected chi connectivity index (χ0v) is 11.7. The molecule has 0 saturated heterocycles. The van der Waals surface area contributed by atoms with Gasteiger partial charge in [0.2, 0.25) is 5.91 Å². The van der Waals surface area contributed by atoms with Gasteiger partial charge in [-0.3, -0.25) is 4.79 Å². The third kappa shape index (κ3) is 3.89. The van der Waals surface area contributed by atoms with Gasteiger partial charge in [0.15, 0.2) is 5.13 Å². The Bertz CT molecular complexity index is 637. The summed E-state index contributed by atoms with van der Waals surface area (Å²) in [5.41, 5.74) is 2.14. The van der Waals surface area contributed by atoms with Gasteiger partial charge in [0, 0.05) is 12.3 Å². The summed E-state index contributed by atoms with van der Waals surface area (Å²) in [5.74, 6) is -1.06. The van der Waals surface area contributed by atoms with Crippen molar-refractivity contribution in [1.82, 2.24) is 4.98 Å². The molecular weight excluding hydrogens is 276 g/mol. The lowest BCUT2D eigenvalue weighted by molar-refractivity contribution is -0.114.